The zero-order valence-corrected chi connectivity index (χ0v) is 20.2. The van der Waals surface area contributed by atoms with Crippen molar-refractivity contribution in [2.24, 2.45) is 0 Å². The fourth-order valence-corrected chi connectivity index (χ4v) is 6.12. The number of piperazine rings is 1. The summed E-state index contributed by atoms with van der Waals surface area (Å²) in [5.41, 5.74) is 0.327. The lowest BCUT2D eigenvalue weighted by Crippen LogP contribution is -2.82. The van der Waals surface area contributed by atoms with Crippen LogP contribution in [0.4, 0.5) is 0 Å². The number of nitrogens with zero attached hydrogens (tertiary/aromatic N) is 4. The second-order valence-electron chi connectivity index (χ2n) is 10.1. The number of β-amino-alcohol motifs (C(OH)–C–C–N with tert-alkyl or cyclic N) is 1. The Morgan fingerprint density at radius 2 is 1.77 bits per heavy atom. The molecule has 4 saturated heterocycles. The number of methoxy groups -OCH3 is 1. The molecule has 2 unspecified atom stereocenters. The van der Waals surface area contributed by atoms with Gasteiger partial charge < -0.3 is 14.7 Å². The summed E-state index contributed by atoms with van der Waals surface area (Å²) in [4.78, 5) is 57.9. The molecular weight excluding hydrogens is 452 g/mol. The molecule has 1 aromatic rings. The van der Waals surface area contributed by atoms with Crippen molar-refractivity contribution in [3.63, 3.8) is 0 Å². The first-order valence-corrected chi connectivity index (χ1v) is 12.2. The molecule has 188 valence electrons. The zero-order valence-electron chi connectivity index (χ0n) is 20.2. The molecule has 10 nitrogen and oxygen atoms in total. The average molecular weight is 485 g/mol. The second kappa shape index (κ2) is 9.00. The van der Waals surface area contributed by atoms with Crippen LogP contribution >= 0.6 is 0 Å². The normalized spacial score (nSPS) is 27.2. The minimum absolute atomic E-state index is 0.0913. The number of piperidine rings is 1. The van der Waals surface area contributed by atoms with Crippen LogP contribution in [0.25, 0.3) is 0 Å². The predicted octanol–water partition coefficient (Wildman–Crippen LogP) is -0.157. The topological polar surface area (TPSA) is 111 Å². The van der Waals surface area contributed by atoms with Crippen LogP contribution in [0.15, 0.2) is 24.3 Å². The number of carbonyl (C=O) groups excluding carboxylic acids is 4. The van der Waals surface area contributed by atoms with E-state index in [1.807, 2.05) is 9.80 Å². The molecule has 10 heteroatoms. The van der Waals surface area contributed by atoms with Crippen molar-refractivity contribution in [1.82, 2.24) is 19.6 Å². The van der Waals surface area contributed by atoms with Gasteiger partial charge in [-0.05, 0) is 37.0 Å². The number of fused-ring (bicyclic) bond motifs is 2. The summed E-state index contributed by atoms with van der Waals surface area (Å²) in [5, 5.41) is 10.4. The highest BCUT2D eigenvalue weighted by Crippen LogP contribution is 2.42. The van der Waals surface area contributed by atoms with Crippen LogP contribution in [-0.2, 0) is 25.7 Å². The molecule has 3 amide bonds. The van der Waals surface area contributed by atoms with Gasteiger partial charge in [-0.3, -0.25) is 29.1 Å². The minimum atomic E-state index is -0.820. The van der Waals surface area contributed by atoms with Crippen molar-refractivity contribution < 1.29 is 29.0 Å². The van der Waals surface area contributed by atoms with E-state index < -0.39 is 23.7 Å². The number of likely N-dealkylation sites (tertiary alicyclic amines) is 2. The Labute approximate surface area is 204 Å². The van der Waals surface area contributed by atoms with Gasteiger partial charge in [0.05, 0.1) is 31.4 Å². The van der Waals surface area contributed by atoms with Crippen molar-refractivity contribution in [2.75, 3.05) is 39.8 Å². The summed E-state index contributed by atoms with van der Waals surface area (Å²) in [6.45, 7) is 4.50. The Morgan fingerprint density at radius 1 is 1.11 bits per heavy atom. The predicted molar refractivity (Wildman–Crippen MR) is 124 cm³/mol. The highest BCUT2D eigenvalue weighted by molar-refractivity contribution is 6.06. The Bertz CT molecular complexity index is 1030. The number of ether oxygens (including phenoxy) is 1. The van der Waals surface area contributed by atoms with Gasteiger partial charge in [0.15, 0.2) is 0 Å². The summed E-state index contributed by atoms with van der Waals surface area (Å²) in [6, 6.07) is 6.49. The number of hydrogen-bond acceptors (Lipinski definition) is 8. The fourth-order valence-electron chi connectivity index (χ4n) is 6.12. The van der Waals surface area contributed by atoms with E-state index >= 15 is 0 Å². The second-order valence-corrected chi connectivity index (χ2v) is 10.1. The van der Waals surface area contributed by atoms with Crippen LogP contribution < -0.4 is 0 Å². The van der Waals surface area contributed by atoms with Crippen LogP contribution in [0.3, 0.4) is 0 Å². The van der Waals surface area contributed by atoms with Gasteiger partial charge in [0.1, 0.15) is 5.54 Å². The molecule has 4 fully saturated rings. The highest BCUT2D eigenvalue weighted by Gasteiger charge is 2.64. The minimum Gasteiger partial charge on any atom is -0.465 e. The van der Waals surface area contributed by atoms with Crippen molar-refractivity contribution in [2.45, 2.75) is 56.5 Å². The van der Waals surface area contributed by atoms with E-state index in [4.69, 9.17) is 4.74 Å². The SMILES string of the molecule is COC(=O)c1ccc(CN2C(=O)C3CC(O)CN3C3(CN(C4CCN(C(C)=O)CC4)C3)C2=O)cc1. The van der Waals surface area contributed by atoms with Gasteiger partial charge in [-0.1, -0.05) is 12.1 Å². The average Bonchev–Trinajstić information content (AvgIpc) is 3.23. The molecule has 0 aliphatic carbocycles. The van der Waals surface area contributed by atoms with E-state index in [1.165, 1.54) is 12.0 Å². The van der Waals surface area contributed by atoms with E-state index in [2.05, 4.69) is 4.90 Å². The van der Waals surface area contributed by atoms with Crippen LogP contribution in [0.5, 0.6) is 0 Å². The van der Waals surface area contributed by atoms with E-state index in [0.29, 0.717) is 50.7 Å². The Hall–Kier alpha value is -2.82. The maximum atomic E-state index is 13.8. The van der Waals surface area contributed by atoms with Crippen LogP contribution in [0.2, 0.25) is 0 Å². The fraction of sp³-hybridized carbons (Fsp3) is 0.600. The quantitative estimate of drug-likeness (QED) is 0.464. The molecule has 4 aliphatic heterocycles. The molecule has 2 atom stereocenters. The number of amides is 3. The molecule has 1 spiro atoms. The molecule has 5 rings (SSSR count). The summed E-state index contributed by atoms with van der Waals surface area (Å²) in [5.74, 6) is -0.849. The third-order valence-electron chi connectivity index (χ3n) is 8.09. The number of rotatable bonds is 4. The molecule has 1 N–H and O–H groups in total. The molecule has 0 bridgehead atoms. The van der Waals surface area contributed by atoms with Crippen molar-refractivity contribution in [3.05, 3.63) is 35.4 Å². The van der Waals surface area contributed by atoms with E-state index in [-0.39, 0.29) is 24.3 Å². The lowest BCUT2D eigenvalue weighted by molar-refractivity contribution is -0.184. The maximum absolute atomic E-state index is 13.8. The standard InChI is InChI=1S/C25H32N4O6/c1-16(30)26-9-7-19(8-10-26)27-14-25(15-27)24(34)28(22(32)21-11-20(31)13-29(21)25)12-17-3-5-18(6-4-17)23(33)35-2/h3-6,19-21,31H,7-15H2,1-2H3. The van der Waals surface area contributed by atoms with E-state index in [9.17, 15) is 24.3 Å². The molecule has 35 heavy (non-hydrogen) atoms. The first-order valence-electron chi connectivity index (χ1n) is 12.2. The first-order chi connectivity index (χ1) is 16.7. The number of imide groups is 1. The number of esters is 1. The smallest absolute Gasteiger partial charge is 0.337 e. The van der Waals surface area contributed by atoms with Crippen molar-refractivity contribution in [1.29, 1.82) is 0 Å². The monoisotopic (exact) mass is 484 g/mol. The zero-order chi connectivity index (χ0) is 24.9. The number of aliphatic hydroxyl groups excluding tert-OH is 1. The maximum Gasteiger partial charge on any atom is 0.337 e. The molecule has 0 aromatic heterocycles. The lowest BCUT2D eigenvalue weighted by atomic mass is 9.80. The summed E-state index contributed by atoms with van der Waals surface area (Å²) in [6.07, 6.45) is 1.42. The molecular formula is C25H32N4O6. The van der Waals surface area contributed by atoms with Crippen LogP contribution in [0.1, 0.15) is 42.1 Å². The molecule has 1 aromatic carbocycles. The first kappa shape index (κ1) is 23.9. The van der Waals surface area contributed by atoms with Crippen molar-refractivity contribution in [3.8, 4) is 0 Å². The molecule has 0 saturated carbocycles. The van der Waals surface area contributed by atoms with E-state index in [1.54, 1.807) is 31.2 Å². The van der Waals surface area contributed by atoms with Gasteiger partial charge in [0, 0.05) is 45.7 Å². The number of carbonyl (C=O) groups is 4. The van der Waals surface area contributed by atoms with Gasteiger partial charge in [-0.2, -0.15) is 0 Å². The van der Waals surface area contributed by atoms with Gasteiger partial charge >= 0.3 is 5.97 Å². The summed E-state index contributed by atoms with van der Waals surface area (Å²) >= 11 is 0. The lowest BCUT2D eigenvalue weighted by Gasteiger charge is -2.60. The van der Waals surface area contributed by atoms with Crippen molar-refractivity contribution >= 4 is 23.7 Å². The number of hydrogen-bond donors (Lipinski definition) is 1. The van der Waals surface area contributed by atoms with Crippen LogP contribution in [0, 0.1) is 0 Å². The number of aliphatic hydroxyl groups is 1. The third kappa shape index (κ3) is 4.03. The van der Waals surface area contributed by atoms with Gasteiger partial charge in [-0.15, -0.1) is 0 Å². The Morgan fingerprint density at radius 3 is 2.37 bits per heavy atom. The van der Waals surface area contributed by atoms with Gasteiger partial charge in [0.25, 0.3) is 5.91 Å². The molecule has 0 radical (unpaired) electrons. The third-order valence-corrected chi connectivity index (χ3v) is 8.09. The summed E-state index contributed by atoms with van der Waals surface area (Å²) < 4.78 is 4.73. The number of benzene rings is 1. The molecule has 4 aliphatic rings. The largest absolute Gasteiger partial charge is 0.465 e. The summed E-state index contributed by atoms with van der Waals surface area (Å²) in [7, 11) is 1.32. The Kier molecular flexibility index (Phi) is 6.14. The molecule has 4 heterocycles. The van der Waals surface area contributed by atoms with E-state index in [0.717, 1.165) is 18.4 Å². The van der Waals surface area contributed by atoms with Gasteiger partial charge in [-0.25, -0.2) is 4.79 Å². The Balaban J connectivity index is 1.33. The highest BCUT2D eigenvalue weighted by atomic mass is 16.5. The van der Waals surface area contributed by atoms with Gasteiger partial charge in [0.2, 0.25) is 11.8 Å². The van der Waals surface area contributed by atoms with Crippen LogP contribution in [-0.4, -0.2) is 112 Å².